The maximum absolute atomic E-state index is 5.86. The van der Waals surface area contributed by atoms with Crippen LogP contribution >= 0.6 is 11.6 Å². The average molecular weight is 174 g/mol. The lowest BCUT2D eigenvalue weighted by Gasteiger charge is -2.02. The predicted octanol–water partition coefficient (Wildman–Crippen LogP) is 1.18. The van der Waals surface area contributed by atoms with Crippen LogP contribution in [-0.2, 0) is 13.6 Å². The van der Waals surface area contributed by atoms with E-state index in [0.717, 1.165) is 23.8 Å². The normalized spacial score (nSPS) is 10.5. The number of aryl methyl sites for hydroxylation is 1. The average Bonchev–Trinajstić information content (AvgIpc) is 2.29. The highest BCUT2D eigenvalue weighted by atomic mass is 35.5. The maximum atomic E-state index is 5.86. The Labute approximate surface area is 71.4 Å². The number of aromatic nitrogens is 2. The van der Waals surface area contributed by atoms with Crippen LogP contribution < -0.4 is 5.32 Å². The largest absolute Gasteiger partial charge is 0.311 e. The van der Waals surface area contributed by atoms with Gasteiger partial charge in [-0.3, -0.25) is 4.68 Å². The summed E-state index contributed by atoms with van der Waals surface area (Å²) in [6.07, 6.45) is 1.66. The van der Waals surface area contributed by atoms with Crippen molar-refractivity contribution in [1.82, 2.24) is 15.1 Å². The van der Waals surface area contributed by atoms with Crippen molar-refractivity contribution in [3.63, 3.8) is 0 Å². The Balaban J connectivity index is 2.67. The molecule has 0 amide bonds. The molecule has 0 saturated heterocycles. The second kappa shape index (κ2) is 3.74. The first-order valence-corrected chi connectivity index (χ1v) is 4.00. The van der Waals surface area contributed by atoms with Crippen LogP contribution in [0.1, 0.15) is 12.6 Å². The van der Waals surface area contributed by atoms with Gasteiger partial charge in [-0.2, -0.15) is 5.10 Å². The summed E-state index contributed by atoms with van der Waals surface area (Å²) in [5.74, 6) is 0. The smallest absolute Gasteiger partial charge is 0.0831 e. The van der Waals surface area contributed by atoms with Crippen molar-refractivity contribution in [2.24, 2.45) is 7.05 Å². The molecule has 62 valence electrons. The zero-order valence-electron chi connectivity index (χ0n) is 6.76. The van der Waals surface area contributed by atoms with Crippen molar-refractivity contribution in [2.75, 3.05) is 6.54 Å². The van der Waals surface area contributed by atoms with Gasteiger partial charge in [-0.25, -0.2) is 0 Å². The SMILES string of the molecule is CCNCc1c(Cl)cnn1C. The van der Waals surface area contributed by atoms with Crippen molar-refractivity contribution in [3.05, 3.63) is 16.9 Å². The van der Waals surface area contributed by atoms with Crippen LogP contribution in [0, 0.1) is 0 Å². The van der Waals surface area contributed by atoms with Gasteiger partial charge in [0.25, 0.3) is 0 Å². The molecule has 0 aliphatic carbocycles. The Morgan fingerprint density at radius 2 is 2.45 bits per heavy atom. The monoisotopic (exact) mass is 173 g/mol. The minimum atomic E-state index is 0.730. The van der Waals surface area contributed by atoms with Crippen LogP contribution in [-0.4, -0.2) is 16.3 Å². The fourth-order valence-electron chi connectivity index (χ4n) is 0.878. The molecule has 0 spiro atoms. The van der Waals surface area contributed by atoms with Crippen LogP contribution in [0.15, 0.2) is 6.20 Å². The minimum Gasteiger partial charge on any atom is -0.311 e. The fourth-order valence-corrected chi connectivity index (χ4v) is 1.11. The van der Waals surface area contributed by atoms with Crippen LogP contribution in [0.4, 0.5) is 0 Å². The molecule has 3 nitrogen and oxygen atoms in total. The Morgan fingerprint density at radius 3 is 2.91 bits per heavy atom. The molecule has 0 aliphatic heterocycles. The third-order valence-corrected chi connectivity index (χ3v) is 1.87. The van der Waals surface area contributed by atoms with Gasteiger partial charge in [0, 0.05) is 13.6 Å². The molecule has 0 radical (unpaired) electrons. The molecule has 1 rings (SSSR count). The lowest BCUT2D eigenvalue weighted by molar-refractivity contribution is 0.643. The number of rotatable bonds is 3. The molecular weight excluding hydrogens is 162 g/mol. The number of nitrogens with one attached hydrogen (secondary N) is 1. The third-order valence-electron chi connectivity index (χ3n) is 1.55. The molecule has 1 aromatic heterocycles. The van der Waals surface area contributed by atoms with Crippen molar-refractivity contribution in [3.8, 4) is 0 Å². The third kappa shape index (κ3) is 1.94. The van der Waals surface area contributed by atoms with Crippen molar-refractivity contribution < 1.29 is 0 Å². The van der Waals surface area contributed by atoms with E-state index in [4.69, 9.17) is 11.6 Å². The highest BCUT2D eigenvalue weighted by Gasteiger charge is 2.03. The molecule has 0 unspecified atom stereocenters. The van der Waals surface area contributed by atoms with Crippen LogP contribution in [0.2, 0.25) is 5.02 Å². The van der Waals surface area contributed by atoms with Gasteiger partial charge in [-0.15, -0.1) is 0 Å². The zero-order valence-corrected chi connectivity index (χ0v) is 7.52. The number of hydrogen-bond donors (Lipinski definition) is 1. The van der Waals surface area contributed by atoms with Gasteiger partial charge in [0.05, 0.1) is 16.9 Å². The fraction of sp³-hybridized carbons (Fsp3) is 0.571. The van der Waals surface area contributed by atoms with Gasteiger partial charge in [0.15, 0.2) is 0 Å². The minimum absolute atomic E-state index is 0.730. The van der Waals surface area contributed by atoms with E-state index in [2.05, 4.69) is 17.3 Å². The first kappa shape index (κ1) is 8.56. The summed E-state index contributed by atoms with van der Waals surface area (Å²) >= 11 is 5.86. The highest BCUT2D eigenvalue weighted by Crippen LogP contribution is 2.12. The van der Waals surface area contributed by atoms with Crippen LogP contribution in [0.5, 0.6) is 0 Å². The van der Waals surface area contributed by atoms with Gasteiger partial charge >= 0.3 is 0 Å². The summed E-state index contributed by atoms with van der Waals surface area (Å²) in [6, 6.07) is 0. The molecule has 0 atom stereocenters. The highest BCUT2D eigenvalue weighted by molar-refractivity contribution is 6.31. The second-order valence-electron chi connectivity index (χ2n) is 2.34. The Hall–Kier alpha value is -0.540. The molecule has 0 fully saturated rings. The standard InChI is InChI=1S/C7H12ClN3/c1-3-9-5-7-6(8)4-10-11(7)2/h4,9H,3,5H2,1-2H3. The molecule has 1 heterocycles. The van der Waals surface area contributed by atoms with E-state index in [1.807, 2.05) is 7.05 Å². The van der Waals surface area contributed by atoms with Gasteiger partial charge in [-0.05, 0) is 6.54 Å². The lowest BCUT2D eigenvalue weighted by Crippen LogP contribution is -2.14. The van der Waals surface area contributed by atoms with E-state index in [9.17, 15) is 0 Å². The first-order chi connectivity index (χ1) is 5.25. The van der Waals surface area contributed by atoms with Gasteiger partial charge in [0.2, 0.25) is 0 Å². The summed E-state index contributed by atoms with van der Waals surface area (Å²) in [5.41, 5.74) is 1.04. The second-order valence-corrected chi connectivity index (χ2v) is 2.75. The van der Waals surface area contributed by atoms with Crippen LogP contribution in [0.25, 0.3) is 0 Å². The topological polar surface area (TPSA) is 29.9 Å². The predicted molar refractivity (Wildman–Crippen MR) is 45.6 cm³/mol. The molecule has 1 N–H and O–H groups in total. The molecule has 0 aliphatic rings. The Morgan fingerprint density at radius 1 is 1.73 bits per heavy atom. The van der Waals surface area contributed by atoms with E-state index >= 15 is 0 Å². The molecule has 1 aromatic rings. The lowest BCUT2D eigenvalue weighted by atomic mass is 10.4. The van der Waals surface area contributed by atoms with Crippen LogP contribution in [0.3, 0.4) is 0 Å². The molecule has 0 aromatic carbocycles. The molecular formula is C7H12ClN3. The Bertz CT molecular complexity index is 212. The molecule has 0 bridgehead atoms. The van der Waals surface area contributed by atoms with E-state index in [-0.39, 0.29) is 0 Å². The number of nitrogens with zero attached hydrogens (tertiary/aromatic N) is 2. The summed E-state index contributed by atoms with van der Waals surface area (Å²) in [4.78, 5) is 0. The summed E-state index contributed by atoms with van der Waals surface area (Å²) in [7, 11) is 1.89. The maximum Gasteiger partial charge on any atom is 0.0831 e. The summed E-state index contributed by atoms with van der Waals surface area (Å²) < 4.78 is 1.78. The van der Waals surface area contributed by atoms with E-state index < -0.39 is 0 Å². The van der Waals surface area contributed by atoms with Crippen molar-refractivity contribution >= 4 is 11.6 Å². The van der Waals surface area contributed by atoms with Gasteiger partial charge in [-0.1, -0.05) is 18.5 Å². The van der Waals surface area contributed by atoms with E-state index in [1.54, 1.807) is 10.9 Å². The molecule has 11 heavy (non-hydrogen) atoms. The Kier molecular flexibility index (Phi) is 2.91. The van der Waals surface area contributed by atoms with Crippen molar-refractivity contribution in [2.45, 2.75) is 13.5 Å². The summed E-state index contributed by atoms with van der Waals surface area (Å²) in [5, 5.41) is 7.93. The van der Waals surface area contributed by atoms with Gasteiger partial charge < -0.3 is 5.32 Å². The van der Waals surface area contributed by atoms with Gasteiger partial charge in [0.1, 0.15) is 0 Å². The zero-order chi connectivity index (χ0) is 8.27. The molecule has 0 saturated carbocycles. The van der Waals surface area contributed by atoms with E-state index in [0.29, 0.717) is 0 Å². The first-order valence-electron chi connectivity index (χ1n) is 3.62. The summed E-state index contributed by atoms with van der Waals surface area (Å²) in [6.45, 7) is 3.79. The van der Waals surface area contributed by atoms with E-state index in [1.165, 1.54) is 0 Å². The quantitative estimate of drug-likeness (QED) is 0.744. The molecule has 4 heteroatoms. The number of hydrogen-bond acceptors (Lipinski definition) is 2. The van der Waals surface area contributed by atoms with Crippen molar-refractivity contribution in [1.29, 1.82) is 0 Å². The number of halogens is 1.